The van der Waals surface area contributed by atoms with Gasteiger partial charge in [-0.1, -0.05) is 74.8 Å². The Hall–Kier alpha value is -5.12. The number of fused-ring (bicyclic) bond motifs is 3. The maximum absolute atomic E-state index is 6.46. The molecule has 5 aromatic carbocycles. The maximum Gasteiger partial charge on any atom is 0.135 e. The van der Waals surface area contributed by atoms with Crippen LogP contribution in [-0.2, 0) is 26.5 Å². The van der Waals surface area contributed by atoms with Crippen LogP contribution in [0.15, 0.2) is 122 Å². The van der Waals surface area contributed by atoms with Crippen molar-refractivity contribution in [2.24, 2.45) is 0 Å². The van der Waals surface area contributed by atoms with Crippen LogP contribution < -0.4 is 14.5 Å². The van der Waals surface area contributed by atoms with E-state index in [1.807, 2.05) is 30.5 Å². The van der Waals surface area contributed by atoms with E-state index in [-0.39, 0.29) is 26.5 Å². The van der Waals surface area contributed by atoms with E-state index >= 15 is 0 Å². The van der Waals surface area contributed by atoms with Gasteiger partial charge in [-0.3, -0.25) is 0 Å². The second kappa shape index (κ2) is 13.5. The van der Waals surface area contributed by atoms with Gasteiger partial charge in [-0.2, -0.15) is 12.1 Å². The van der Waals surface area contributed by atoms with Crippen molar-refractivity contribution < 1.29 is 25.8 Å². The first kappa shape index (κ1) is 34.3. The molecule has 1 aliphatic rings. The second-order valence-corrected chi connectivity index (χ2v) is 14.0. The summed E-state index contributed by atoms with van der Waals surface area (Å²) in [4.78, 5) is 9.07. The number of benzene rings is 5. The number of aromatic nitrogens is 2. The minimum absolute atomic E-state index is 0. The minimum Gasteiger partial charge on any atom is -0.509 e. The van der Waals surface area contributed by atoms with Crippen LogP contribution in [0.1, 0.15) is 43.0 Å². The Labute approximate surface area is 315 Å². The van der Waals surface area contributed by atoms with Crippen LogP contribution in [0, 0.1) is 39.6 Å². The molecule has 0 N–H and O–H groups in total. The van der Waals surface area contributed by atoms with Crippen LogP contribution in [-0.4, -0.2) is 9.55 Å². The average molecular weight is 847 g/mol. The summed E-state index contributed by atoms with van der Waals surface area (Å²) < 4.78 is 8.65. The molecule has 6 heteroatoms. The van der Waals surface area contributed by atoms with E-state index in [2.05, 4.69) is 166 Å². The Morgan fingerprint density at radius 2 is 1.45 bits per heavy atom. The second-order valence-electron chi connectivity index (χ2n) is 14.0. The zero-order chi connectivity index (χ0) is 34.6. The van der Waals surface area contributed by atoms with Gasteiger partial charge in [-0.15, -0.1) is 48.1 Å². The van der Waals surface area contributed by atoms with Gasteiger partial charge in [-0.25, -0.2) is 4.98 Å². The summed E-state index contributed by atoms with van der Waals surface area (Å²) in [6.07, 6.45) is 6.05. The molecule has 258 valence electrons. The molecule has 3 heterocycles. The molecule has 8 rings (SSSR count). The number of para-hydroxylation sites is 1. The number of rotatable bonds is 6. The van der Waals surface area contributed by atoms with Gasteiger partial charge in [0.25, 0.3) is 0 Å². The molecule has 5 nitrogen and oxygen atoms in total. The third-order valence-corrected chi connectivity index (χ3v) is 9.76. The van der Waals surface area contributed by atoms with Crippen LogP contribution in [0.5, 0.6) is 11.5 Å². The molecule has 0 aliphatic carbocycles. The molecular weight excluding hydrogens is 808 g/mol. The zero-order valence-corrected chi connectivity index (χ0v) is 31.9. The van der Waals surface area contributed by atoms with Gasteiger partial charge >= 0.3 is 0 Å². The van der Waals surface area contributed by atoms with Gasteiger partial charge < -0.3 is 19.1 Å². The van der Waals surface area contributed by atoms with Crippen molar-refractivity contribution in [1.82, 2.24) is 9.55 Å². The Bertz CT molecular complexity index is 2420. The summed E-state index contributed by atoms with van der Waals surface area (Å²) in [6, 6.07) is 42.7. The quantitative estimate of drug-likeness (QED) is 0.156. The molecule has 0 fully saturated rings. The van der Waals surface area contributed by atoms with Crippen LogP contribution in [0.2, 0.25) is 0 Å². The first-order chi connectivity index (χ1) is 24.2. The SMILES string of the molecule is Cc1cc(N2C=CN(c3[c-]c(Oc4[c-]c5c(cc4)c4ccccc4n5-c4cc(C(C)(C)C)ccn4)ccc3)[CH-]2)c(-c2ccccc2)c(C)c1C.[Pt]. The Kier molecular flexibility index (Phi) is 9.12. The van der Waals surface area contributed by atoms with E-state index in [0.29, 0.717) is 11.5 Å². The van der Waals surface area contributed by atoms with Crippen molar-refractivity contribution >= 4 is 33.2 Å². The van der Waals surface area contributed by atoms with E-state index in [0.717, 1.165) is 39.0 Å². The minimum atomic E-state index is -0.00349. The van der Waals surface area contributed by atoms with Crippen molar-refractivity contribution in [3.63, 3.8) is 0 Å². The fraction of sp³-hybridized carbons (Fsp3) is 0.156. The third-order valence-electron chi connectivity index (χ3n) is 9.76. The molecule has 1 aliphatic heterocycles. The first-order valence-electron chi connectivity index (χ1n) is 17.0. The molecule has 0 bridgehead atoms. The van der Waals surface area contributed by atoms with Crippen molar-refractivity contribution in [2.75, 3.05) is 9.80 Å². The third kappa shape index (κ3) is 6.36. The number of hydrogen-bond donors (Lipinski definition) is 0. The molecule has 51 heavy (non-hydrogen) atoms. The maximum atomic E-state index is 6.46. The molecule has 0 saturated heterocycles. The summed E-state index contributed by atoms with van der Waals surface area (Å²) in [5.41, 5.74) is 11.6. The summed E-state index contributed by atoms with van der Waals surface area (Å²) in [5, 5.41) is 2.25. The van der Waals surface area contributed by atoms with E-state index in [4.69, 9.17) is 9.72 Å². The monoisotopic (exact) mass is 846 g/mol. The molecule has 2 aromatic heterocycles. The first-order valence-corrected chi connectivity index (χ1v) is 17.0. The van der Waals surface area contributed by atoms with Crippen molar-refractivity contribution in [1.29, 1.82) is 0 Å². The van der Waals surface area contributed by atoms with Gasteiger partial charge in [0.2, 0.25) is 0 Å². The van der Waals surface area contributed by atoms with Gasteiger partial charge in [0.1, 0.15) is 5.82 Å². The Morgan fingerprint density at radius 3 is 2.25 bits per heavy atom. The predicted octanol–water partition coefficient (Wildman–Crippen LogP) is 11.4. The summed E-state index contributed by atoms with van der Waals surface area (Å²) in [6.45, 7) is 15.4. The number of ether oxygens (including phenoxy) is 1. The molecule has 0 atom stereocenters. The van der Waals surface area contributed by atoms with Gasteiger partial charge in [-0.05, 0) is 96.1 Å². The van der Waals surface area contributed by atoms with Gasteiger partial charge in [0.15, 0.2) is 0 Å². The number of hydrogen-bond acceptors (Lipinski definition) is 4. The number of pyridine rings is 1. The summed E-state index contributed by atoms with van der Waals surface area (Å²) in [5.74, 6) is 2.09. The van der Waals surface area contributed by atoms with E-state index in [9.17, 15) is 0 Å². The molecule has 0 saturated carbocycles. The molecule has 7 aromatic rings. The fourth-order valence-electron chi connectivity index (χ4n) is 6.82. The molecular formula is C45H39N4OPt-3. The van der Waals surface area contributed by atoms with E-state index < -0.39 is 0 Å². The summed E-state index contributed by atoms with van der Waals surface area (Å²) >= 11 is 0. The van der Waals surface area contributed by atoms with Crippen molar-refractivity contribution in [3.8, 4) is 28.4 Å². The van der Waals surface area contributed by atoms with Crippen molar-refractivity contribution in [2.45, 2.75) is 47.0 Å². The van der Waals surface area contributed by atoms with E-state index in [1.54, 1.807) is 0 Å². The standard InChI is InChI=1S/C45H39N4O.Pt/c1-30-25-42(44(32(3)31(30)2)33-13-8-7-9-14-33)48-24-23-47(29-48)35-15-12-16-36(27-35)50-37-19-20-39-38-17-10-11-18-40(38)49(41(39)28-37)43-26-34(21-22-46-43)45(4,5)6;/h7-26,29H,1-6H3;/q-3;. The van der Waals surface area contributed by atoms with E-state index in [1.165, 1.54) is 33.4 Å². The Balaban J connectivity index is 0.00000406. The van der Waals surface area contributed by atoms with Crippen molar-refractivity contribution in [3.05, 3.63) is 163 Å². The fourth-order valence-corrected chi connectivity index (χ4v) is 6.82. The van der Waals surface area contributed by atoms with Crippen LogP contribution in [0.4, 0.5) is 11.4 Å². The van der Waals surface area contributed by atoms with Crippen LogP contribution in [0.3, 0.4) is 0 Å². The number of aryl methyl sites for hydroxylation is 1. The molecule has 0 radical (unpaired) electrons. The Morgan fingerprint density at radius 1 is 0.706 bits per heavy atom. The zero-order valence-electron chi connectivity index (χ0n) is 29.6. The summed E-state index contributed by atoms with van der Waals surface area (Å²) in [7, 11) is 0. The number of anilines is 2. The number of nitrogens with zero attached hydrogens (tertiary/aromatic N) is 4. The topological polar surface area (TPSA) is 33.5 Å². The molecule has 0 unspecified atom stereocenters. The molecule has 0 amide bonds. The predicted molar refractivity (Wildman–Crippen MR) is 206 cm³/mol. The smallest absolute Gasteiger partial charge is 0.135 e. The van der Waals surface area contributed by atoms with Crippen LogP contribution >= 0.6 is 0 Å². The van der Waals surface area contributed by atoms with Gasteiger partial charge in [0, 0.05) is 55.5 Å². The van der Waals surface area contributed by atoms with Gasteiger partial charge in [0.05, 0.1) is 0 Å². The largest absolute Gasteiger partial charge is 0.509 e. The normalized spacial score (nSPS) is 12.9. The van der Waals surface area contributed by atoms with Crippen LogP contribution in [0.25, 0.3) is 38.8 Å². The molecule has 0 spiro atoms. The average Bonchev–Trinajstić information content (AvgIpc) is 3.74.